The molecule has 1 saturated heterocycles. The van der Waals surface area contributed by atoms with E-state index in [9.17, 15) is 14.7 Å². The van der Waals surface area contributed by atoms with Crippen LogP contribution in [0.5, 0.6) is 0 Å². The lowest BCUT2D eigenvalue weighted by atomic mass is 9.78. The number of pyridine rings is 1. The molecule has 0 aromatic carbocycles. The Bertz CT molecular complexity index is 894. The largest absolute Gasteiger partial charge is 0.511 e. The van der Waals surface area contributed by atoms with Crippen molar-refractivity contribution >= 4 is 23.9 Å². The van der Waals surface area contributed by atoms with Gasteiger partial charge in [-0.25, -0.2) is 4.79 Å². The van der Waals surface area contributed by atoms with Gasteiger partial charge in [-0.3, -0.25) is 9.78 Å². The Hall–Kier alpha value is -2.69. The van der Waals surface area contributed by atoms with Gasteiger partial charge in [-0.1, -0.05) is 38.7 Å². The number of allylic oxidation sites excluding steroid dienone is 2. The summed E-state index contributed by atoms with van der Waals surface area (Å²) in [4.78, 5) is 29.9. The van der Waals surface area contributed by atoms with Gasteiger partial charge in [0, 0.05) is 23.8 Å². The number of nitrogens with zero attached hydrogens (tertiary/aromatic N) is 1. The van der Waals surface area contributed by atoms with Crippen molar-refractivity contribution in [1.29, 1.82) is 0 Å². The van der Waals surface area contributed by atoms with Crippen LogP contribution < -0.4 is 0 Å². The summed E-state index contributed by atoms with van der Waals surface area (Å²) in [5.74, 6) is -0.934. The van der Waals surface area contributed by atoms with Crippen LogP contribution in [0.25, 0.3) is 12.2 Å². The number of fused-ring (bicyclic) bond motifs is 2. The van der Waals surface area contributed by atoms with E-state index in [4.69, 9.17) is 4.74 Å². The number of hydrogen-bond donors (Lipinski definition) is 1. The summed E-state index contributed by atoms with van der Waals surface area (Å²) in [7, 11) is 0. The number of aromatic nitrogens is 1. The molecule has 1 aromatic heterocycles. The average molecular weight is 381 g/mol. The minimum Gasteiger partial charge on any atom is -0.511 e. The van der Waals surface area contributed by atoms with Crippen molar-refractivity contribution < 1.29 is 19.4 Å². The fourth-order valence-electron chi connectivity index (χ4n) is 3.78. The predicted molar refractivity (Wildman–Crippen MR) is 109 cm³/mol. The molecular weight excluding hydrogens is 354 g/mol. The normalized spacial score (nSPS) is 22.8. The number of esters is 1. The number of Topliss-reactive ketones (excluding diaryl/α,β-unsaturated/α-hetero) is 1. The highest BCUT2D eigenvalue weighted by molar-refractivity contribution is 6.17. The predicted octanol–water partition coefficient (Wildman–Crippen LogP) is 5.18. The molecule has 0 unspecified atom stereocenters. The summed E-state index contributed by atoms with van der Waals surface area (Å²) in [6.45, 7) is 5.63. The maximum Gasteiger partial charge on any atom is 0.343 e. The molecule has 0 saturated carbocycles. The van der Waals surface area contributed by atoms with Crippen LogP contribution in [0.15, 0.2) is 35.2 Å². The van der Waals surface area contributed by atoms with E-state index in [1.54, 1.807) is 13.0 Å². The molecule has 5 nitrogen and oxygen atoms in total. The molecule has 2 heterocycles. The number of aliphatic hydroxyl groups is 1. The first-order chi connectivity index (χ1) is 13.4. The van der Waals surface area contributed by atoms with Crippen molar-refractivity contribution in [3.8, 4) is 0 Å². The summed E-state index contributed by atoms with van der Waals surface area (Å²) < 4.78 is 5.46. The van der Waals surface area contributed by atoms with E-state index in [2.05, 4.69) is 11.9 Å². The van der Waals surface area contributed by atoms with Gasteiger partial charge >= 0.3 is 5.97 Å². The third-order valence-corrected chi connectivity index (χ3v) is 5.36. The van der Waals surface area contributed by atoms with Crippen molar-refractivity contribution in [3.05, 3.63) is 52.1 Å². The number of carbonyl (C=O) groups is 2. The highest BCUT2D eigenvalue weighted by Crippen LogP contribution is 2.45. The van der Waals surface area contributed by atoms with Crippen molar-refractivity contribution in [1.82, 2.24) is 4.98 Å². The van der Waals surface area contributed by atoms with Gasteiger partial charge in [0.05, 0.1) is 5.69 Å². The number of aliphatic hydroxyl groups excluding tert-OH is 1. The monoisotopic (exact) mass is 381 g/mol. The molecule has 3 rings (SSSR count). The van der Waals surface area contributed by atoms with Gasteiger partial charge in [-0.2, -0.15) is 0 Å². The highest BCUT2D eigenvalue weighted by Gasteiger charge is 2.54. The maximum atomic E-state index is 13.1. The topological polar surface area (TPSA) is 76.5 Å². The van der Waals surface area contributed by atoms with Gasteiger partial charge in [-0.15, -0.1) is 0 Å². The molecule has 1 aromatic rings. The summed E-state index contributed by atoms with van der Waals surface area (Å²) >= 11 is 0. The Balaban J connectivity index is 1.97. The van der Waals surface area contributed by atoms with E-state index >= 15 is 0 Å². The Labute approximate surface area is 165 Å². The number of unbranched alkanes of at least 4 members (excludes halogenated alkanes) is 4. The van der Waals surface area contributed by atoms with Crippen LogP contribution in [0, 0.1) is 0 Å². The first-order valence-electron chi connectivity index (χ1n) is 9.98. The van der Waals surface area contributed by atoms with Gasteiger partial charge in [0.1, 0.15) is 11.3 Å². The molecule has 1 fully saturated rings. The van der Waals surface area contributed by atoms with Crippen LogP contribution in [-0.2, 0) is 9.53 Å². The highest BCUT2D eigenvalue weighted by atomic mass is 16.6. The minimum atomic E-state index is -1.40. The summed E-state index contributed by atoms with van der Waals surface area (Å²) in [5.41, 5.74) is 1.02. The lowest BCUT2D eigenvalue weighted by Crippen LogP contribution is -2.39. The van der Waals surface area contributed by atoms with Crippen LogP contribution >= 0.6 is 0 Å². The van der Waals surface area contributed by atoms with Gasteiger partial charge in [0.15, 0.2) is 5.60 Å². The second-order valence-electron chi connectivity index (χ2n) is 7.49. The quantitative estimate of drug-likeness (QED) is 0.305. The molecule has 1 aliphatic heterocycles. The molecule has 1 aliphatic carbocycles. The minimum absolute atomic E-state index is 0.00968. The van der Waals surface area contributed by atoms with E-state index in [-0.39, 0.29) is 17.1 Å². The lowest BCUT2D eigenvalue weighted by Gasteiger charge is -2.27. The lowest BCUT2D eigenvalue weighted by molar-refractivity contribution is -0.141. The summed E-state index contributed by atoms with van der Waals surface area (Å²) in [5, 5.41) is 10.6. The Kier molecular flexibility index (Phi) is 5.82. The second kappa shape index (κ2) is 8.13. The van der Waals surface area contributed by atoms with Crippen molar-refractivity contribution in [2.45, 2.75) is 64.9 Å². The molecule has 0 radical (unpaired) electrons. The third-order valence-electron chi connectivity index (χ3n) is 5.36. The average Bonchev–Trinajstić information content (AvgIpc) is 2.92. The van der Waals surface area contributed by atoms with Crippen LogP contribution in [0.1, 0.15) is 80.9 Å². The summed E-state index contributed by atoms with van der Waals surface area (Å²) in [6.07, 6.45) is 12.6. The van der Waals surface area contributed by atoms with E-state index in [1.165, 1.54) is 6.20 Å². The number of carbonyl (C=O) groups excluding carboxylic acids is 2. The molecular formula is C23H27NO4. The zero-order valence-corrected chi connectivity index (χ0v) is 16.7. The second-order valence-corrected chi connectivity index (χ2v) is 7.49. The summed E-state index contributed by atoms with van der Waals surface area (Å²) in [6, 6.07) is 1.81. The Morgan fingerprint density at radius 1 is 1.25 bits per heavy atom. The van der Waals surface area contributed by atoms with Crippen molar-refractivity contribution in [2.75, 3.05) is 0 Å². The molecule has 5 heteroatoms. The molecule has 28 heavy (non-hydrogen) atoms. The van der Waals surface area contributed by atoms with E-state index in [0.29, 0.717) is 23.1 Å². The Morgan fingerprint density at radius 2 is 2.00 bits per heavy atom. The van der Waals surface area contributed by atoms with Crippen LogP contribution in [0.4, 0.5) is 0 Å². The Morgan fingerprint density at radius 3 is 2.71 bits per heavy atom. The number of hydrogen-bond acceptors (Lipinski definition) is 5. The maximum absolute atomic E-state index is 13.1. The molecule has 1 atom stereocenters. The molecule has 0 spiro atoms. The number of rotatable bonds is 7. The van der Waals surface area contributed by atoms with Crippen LogP contribution in [-0.4, -0.2) is 27.4 Å². The zero-order valence-electron chi connectivity index (χ0n) is 16.7. The smallest absolute Gasteiger partial charge is 0.343 e. The van der Waals surface area contributed by atoms with Crippen LogP contribution in [0.2, 0.25) is 0 Å². The SMILES string of the molecule is C/C=C/c1cc2c(cn1)C(=O)[C@]1(C)OC(=O)/C(=C(/O)CCCCCCC)C1=C2. The van der Waals surface area contributed by atoms with E-state index < -0.39 is 11.6 Å². The molecule has 2 aliphatic rings. The van der Waals surface area contributed by atoms with E-state index in [1.807, 2.05) is 25.1 Å². The molecule has 0 amide bonds. The van der Waals surface area contributed by atoms with Gasteiger partial charge in [-0.05, 0) is 44.1 Å². The van der Waals surface area contributed by atoms with Gasteiger partial charge in [0.2, 0.25) is 5.78 Å². The zero-order chi connectivity index (χ0) is 20.3. The van der Waals surface area contributed by atoms with E-state index in [0.717, 1.165) is 37.8 Å². The number of ether oxygens (including phenoxy) is 1. The number of ketones is 1. The van der Waals surface area contributed by atoms with Crippen LogP contribution in [0.3, 0.4) is 0 Å². The first-order valence-corrected chi connectivity index (χ1v) is 9.98. The van der Waals surface area contributed by atoms with Gasteiger partial charge in [0.25, 0.3) is 0 Å². The fourth-order valence-corrected chi connectivity index (χ4v) is 3.78. The van der Waals surface area contributed by atoms with Crippen molar-refractivity contribution in [3.63, 3.8) is 0 Å². The fraction of sp³-hybridized carbons (Fsp3) is 0.435. The first kappa shape index (κ1) is 20.1. The van der Waals surface area contributed by atoms with Crippen molar-refractivity contribution in [2.24, 2.45) is 0 Å². The molecule has 1 N–H and O–H groups in total. The standard InChI is InChI=1S/C23H27NO4/c1-4-6-7-8-9-11-19(25)20-18-13-15-12-16(10-5-2)24-14-17(15)21(26)23(18,3)28-22(20)27/h5,10,12-14,25H,4,6-9,11H2,1-3H3/b10-5+,20-19+/t23-/m1/s1. The molecule has 148 valence electrons. The van der Waals surface area contributed by atoms with Gasteiger partial charge < -0.3 is 9.84 Å². The molecule has 0 bridgehead atoms. The third kappa shape index (κ3) is 3.53.